The number of para-hydroxylation sites is 2. The van der Waals surface area contributed by atoms with E-state index in [0.717, 1.165) is 0 Å². The molecule has 0 fully saturated rings. The Kier molecular flexibility index (Phi) is 5.69. The predicted octanol–water partition coefficient (Wildman–Crippen LogP) is 4.79. The Labute approximate surface area is 178 Å². The van der Waals surface area contributed by atoms with Crippen molar-refractivity contribution in [1.82, 2.24) is 0 Å². The summed E-state index contributed by atoms with van der Waals surface area (Å²) in [5.74, 6) is 1.35. The van der Waals surface area contributed by atoms with Crippen molar-refractivity contribution in [2.45, 2.75) is 0 Å². The van der Waals surface area contributed by atoms with E-state index in [1.165, 1.54) is 20.3 Å². The van der Waals surface area contributed by atoms with Crippen LogP contribution >= 0.6 is 7.60 Å². The SMILES string of the molecule is COc1cc(OC)c2oc(=O)c(P(=O)(Oc3ccccc3)Oc3ccccc3)cc2c1. The highest BCUT2D eigenvalue weighted by atomic mass is 31.2. The zero-order valence-corrected chi connectivity index (χ0v) is 17.7. The summed E-state index contributed by atoms with van der Waals surface area (Å²) in [6.45, 7) is 0. The smallest absolute Gasteiger partial charge is 0.470 e. The first-order chi connectivity index (χ1) is 15.0. The zero-order chi connectivity index (χ0) is 21.8. The molecule has 0 unspecified atom stereocenters. The quantitative estimate of drug-likeness (QED) is 0.303. The Hall–Kier alpha value is -3.70. The predicted molar refractivity (Wildman–Crippen MR) is 117 cm³/mol. The highest BCUT2D eigenvalue weighted by Gasteiger charge is 2.36. The van der Waals surface area contributed by atoms with Crippen LogP contribution in [0.1, 0.15) is 0 Å². The van der Waals surface area contributed by atoms with Crippen molar-refractivity contribution in [3.63, 3.8) is 0 Å². The first-order valence-electron chi connectivity index (χ1n) is 9.32. The van der Waals surface area contributed by atoms with E-state index in [0.29, 0.717) is 16.9 Å². The fraction of sp³-hybridized carbons (Fsp3) is 0.0870. The Balaban J connectivity index is 1.90. The molecule has 0 amide bonds. The van der Waals surface area contributed by atoms with Gasteiger partial charge in [0.05, 0.1) is 14.2 Å². The molecular weight excluding hydrogens is 419 g/mol. The molecule has 0 aliphatic rings. The number of ether oxygens (including phenoxy) is 2. The van der Waals surface area contributed by atoms with Crippen LogP contribution in [-0.2, 0) is 4.57 Å². The second-order valence-corrected chi connectivity index (χ2v) is 8.32. The van der Waals surface area contributed by atoms with Gasteiger partial charge in [-0.05, 0) is 36.4 Å². The number of hydrogen-bond acceptors (Lipinski definition) is 7. The van der Waals surface area contributed by atoms with Crippen LogP contribution in [0, 0.1) is 0 Å². The molecule has 0 saturated carbocycles. The molecule has 0 spiro atoms. The summed E-state index contributed by atoms with van der Waals surface area (Å²) >= 11 is 0. The van der Waals surface area contributed by atoms with Gasteiger partial charge < -0.3 is 22.9 Å². The van der Waals surface area contributed by atoms with Gasteiger partial charge in [-0.25, -0.2) is 9.36 Å². The number of methoxy groups -OCH3 is 2. The third-order valence-electron chi connectivity index (χ3n) is 4.44. The monoisotopic (exact) mass is 438 g/mol. The molecule has 4 rings (SSSR count). The summed E-state index contributed by atoms with van der Waals surface area (Å²) < 4.78 is 41.5. The first kappa shape index (κ1) is 20.6. The molecule has 0 aliphatic heterocycles. The maximum absolute atomic E-state index is 14.0. The summed E-state index contributed by atoms with van der Waals surface area (Å²) in [6, 6.07) is 21.6. The Morgan fingerprint density at radius 3 is 1.84 bits per heavy atom. The van der Waals surface area contributed by atoms with Crippen LogP contribution in [0.15, 0.2) is 88.1 Å². The van der Waals surface area contributed by atoms with Gasteiger partial charge in [0.1, 0.15) is 17.2 Å². The largest absolute Gasteiger partial charge is 0.497 e. The molecule has 158 valence electrons. The van der Waals surface area contributed by atoms with Crippen molar-refractivity contribution in [3.05, 3.63) is 89.3 Å². The van der Waals surface area contributed by atoms with Crippen LogP contribution in [-0.4, -0.2) is 14.2 Å². The third kappa shape index (κ3) is 4.27. The van der Waals surface area contributed by atoms with Crippen molar-refractivity contribution in [3.8, 4) is 23.0 Å². The molecule has 0 N–H and O–H groups in total. The van der Waals surface area contributed by atoms with Gasteiger partial charge in [0.15, 0.2) is 16.6 Å². The van der Waals surface area contributed by atoms with Crippen molar-refractivity contribution >= 4 is 23.9 Å². The first-order valence-corrected chi connectivity index (χ1v) is 10.9. The van der Waals surface area contributed by atoms with E-state index in [9.17, 15) is 9.36 Å². The second kappa shape index (κ2) is 8.58. The molecule has 31 heavy (non-hydrogen) atoms. The molecular formula is C23H19O7P. The lowest BCUT2D eigenvalue weighted by atomic mass is 10.2. The van der Waals surface area contributed by atoms with Gasteiger partial charge in [0.2, 0.25) is 0 Å². The van der Waals surface area contributed by atoms with E-state index in [-0.39, 0.29) is 22.4 Å². The van der Waals surface area contributed by atoms with Crippen LogP contribution in [0.2, 0.25) is 0 Å². The van der Waals surface area contributed by atoms with E-state index >= 15 is 0 Å². The van der Waals surface area contributed by atoms with Gasteiger partial charge in [-0.1, -0.05) is 36.4 Å². The van der Waals surface area contributed by atoms with Crippen molar-refractivity contribution in [1.29, 1.82) is 0 Å². The standard InChI is InChI=1S/C23H19O7P/c1-26-19-13-16-14-21(23(24)28-22(16)20(15-19)27-2)31(25,29-17-9-5-3-6-10-17)30-18-11-7-4-8-12-18/h3-15H,1-2H3. The molecule has 0 atom stereocenters. The summed E-state index contributed by atoms with van der Waals surface area (Å²) in [5.41, 5.74) is -0.658. The van der Waals surface area contributed by atoms with Gasteiger partial charge in [-0.15, -0.1) is 0 Å². The lowest BCUT2D eigenvalue weighted by molar-refractivity contribution is 0.388. The minimum Gasteiger partial charge on any atom is -0.497 e. The molecule has 1 heterocycles. The van der Waals surface area contributed by atoms with Crippen LogP contribution in [0.25, 0.3) is 11.0 Å². The Bertz CT molecular complexity index is 1250. The van der Waals surface area contributed by atoms with E-state index < -0.39 is 13.2 Å². The molecule has 0 aliphatic carbocycles. The average molecular weight is 438 g/mol. The summed E-state index contributed by atoms with van der Waals surface area (Å²) in [7, 11) is -1.24. The van der Waals surface area contributed by atoms with E-state index in [1.807, 2.05) is 0 Å². The van der Waals surface area contributed by atoms with Crippen LogP contribution < -0.4 is 29.5 Å². The minimum atomic E-state index is -4.19. The molecule has 0 bridgehead atoms. The van der Waals surface area contributed by atoms with E-state index in [4.69, 9.17) is 22.9 Å². The number of hydrogen-bond donors (Lipinski definition) is 0. The van der Waals surface area contributed by atoms with Gasteiger partial charge in [0, 0.05) is 11.5 Å². The molecule has 7 nitrogen and oxygen atoms in total. The topological polar surface area (TPSA) is 84.2 Å². The number of rotatable bonds is 7. The van der Waals surface area contributed by atoms with Gasteiger partial charge >= 0.3 is 13.2 Å². The molecule has 3 aromatic carbocycles. The van der Waals surface area contributed by atoms with Crippen molar-refractivity contribution in [2.75, 3.05) is 14.2 Å². The average Bonchev–Trinajstić information content (AvgIpc) is 2.79. The van der Waals surface area contributed by atoms with Gasteiger partial charge in [-0.3, -0.25) is 0 Å². The highest BCUT2D eigenvalue weighted by molar-refractivity contribution is 7.63. The fourth-order valence-electron chi connectivity index (χ4n) is 2.98. The van der Waals surface area contributed by atoms with E-state index in [1.54, 1.807) is 72.8 Å². The number of benzene rings is 3. The summed E-state index contributed by atoms with van der Waals surface area (Å²) in [5, 5.41) is 0.197. The Morgan fingerprint density at radius 2 is 1.32 bits per heavy atom. The van der Waals surface area contributed by atoms with Crippen LogP contribution in [0.4, 0.5) is 0 Å². The second-order valence-electron chi connectivity index (χ2n) is 6.47. The van der Waals surface area contributed by atoms with E-state index in [2.05, 4.69) is 0 Å². The van der Waals surface area contributed by atoms with Crippen LogP contribution in [0.5, 0.6) is 23.0 Å². The fourth-order valence-corrected chi connectivity index (χ4v) is 4.58. The number of fused-ring (bicyclic) bond motifs is 1. The lowest BCUT2D eigenvalue weighted by Crippen LogP contribution is -2.28. The zero-order valence-electron chi connectivity index (χ0n) is 16.8. The lowest BCUT2D eigenvalue weighted by Gasteiger charge is -2.19. The minimum absolute atomic E-state index is 0.197. The van der Waals surface area contributed by atoms with Crippen LogP contribution in [0.3, 0.4) is 0 Å². The molecule has 4 aromatic rings. The summed E-state index contributed by atoms with van der Waals surface area (Å²) in [6.07, 6.45) is 0. The molecule has 1 aromatic heterocycles. The Morgan fingerprint density at radius 1 is 0.742 bits per heavy atom. The molecule has 8 heteroatoms. The van der Waals surface area contributed by atoms with Gasteiger partial charge in [-0.2, -0.15) is 0 Å². The molecule has 0 saturated heterocycles. The van der Waals surface area contributed by atoms with Crippen molar-refractivity contribution < 1.29 is 27.5 Å². The maximum atomic E-state index is 14.0. The highest BCUT2D eigenvalue weighted by Crippen LogP contribution is 2.47. The molecule has 0 radical (unpaired) electrons. The summed E-state index contributed by atoms with van der Waals surface area (Å²) in [4.78, 5) is 12.9. The van der Waals surface area contributed by atoms with Crippen molar-refractivity contribution in [2.24, 2.45) is 0 Å². The van der Waals surface area contributed by atoms with Gasteiger partial charge in [0.25, 0.3) is 0 Å². The third-order valence-corrected chi connectivity index (χ3v) is 6.25. The normalized spacial score (nSPS) is 11.2. The maximum Gasteiger partial charge on any atom is 0.470 e.